The molecule has 8 nitrogen and oxygen atoms in total. The molecule has 2 aromatic carbocycles. The Kier molecular flexibility index (Phi) is 7.74. The highest BCUT2D eigenvalue weighted by Gasteiger charge is 2.18. The van der Waals surface area contributed by atoms with E-state index in [9.17, 15) is 4.79 Å². The lowest BCUT2D eigenvalue weighted by Crippen LogP contribution is -2.38. The number of ether oxygens (including phenoxy) is 2. The highest BCUT2D eigenvalue weighted by Crippen LogP contribution is 2.37. The van der Waals surface area contributed by atoms with Crippen molar-refractivity contribution < 1.29 is 14.3 Å². The number of carbonyl (C=O) groups is 1. The van der Waals surface area contributed by atoms with Gasteiger partial charge in [-0.2, -0.15) is 0 Å². The van der Waals surface area contributed by atoms with Gasteiger partial charge in [-0.3, -0.25) is 14.7 Å². The maximum atomic E-state index is 12.4. The average Bonchev–Trinajstić information content (AvgIpc) is 3.39. The maximum Gasteiger partial charge on any atom is 0.249 e. The highest BCUT2D eigenvalue weighted by molar-refractivity contribution is 7.14. The number of aryl methyl sites for hydroxylation is 1. The van der Waals surface area contributed by atoms with Crippen LogP contribution < -0.4 is 15.8 Å². The molecule has 0 saturated carbocycles. The van der Waals surface area contributed by atoms with Gasteiger partial charge in [0, 0.05) is 54.2 Å². The van der Waals surface area contributed by atoms with Gasteiger partial charge < -0.3 is 20.5 Å². The fraction of sp³-hybridized carbons (Fsp3) is 0.250. The average molecular weight is 516 g/mol. The van der Waals surface area contributed by atoms with Crippen molar-refractivity contribution in [2.24, 2.45) is 5.73 Å². The van der Waals surface area contributed by atoms with Gasteiger partial charge in [-0.05, 0) is 48.4 Å². The number of nitrogens with one attached hydrogen (secondary N) is 1. The first-order valence-electron chi connectivity index (χ1n) is 12.2. The monoisotopic (exact) mass is 515 g/mol. The first kappa shape index (κ1) is 24.9. The number of hydrogen-bond donors (Lipinski definition) is 2. The Hall–Kier alpha value is -3.79. The molecular formula is C28H29N5O3S. The summed E-state index contributed by atoms with van der Waals surface area (Å²) in [5, 5.41) is 6.21. The number of aromatic nitrogens is 2. The fourth-order valence-corrected chi connectivity index (χ4v) is 5.00. The van der Waals surface area contributed by atoms with Crippen LogP contribution in [0.25, 0.3) is 22.4 Å². The lowest BCUT2D eigenvalue weighted by molar-refractivity contribution is 0.0323. The molecule has 2 aromatic heterocycles. The zero-order valence-electron chi connectivity index (χ0n) is 20.6. The molecule has 1 aliphatic heterocycles. The number of rotatable bonds is 9. The lowest BCUT2D eigenvalue weighted by Gasteiger charge is -2.26. The van der Waals surface area contributed by atoms with E-state index in [0.29, 0.717) is 23.5 Å². The predicted molar refractivity (Wildman–Crippen MR) is 147 cm³/mol. The quantitative estimate of drug-likeness (QED) is 0.332. The predicted octanol–water partition coefficient (Wildman–Crippen LogP) is 4.73. The second-order valence-electron chi connectivity index (χ2n) is 8.78. The molecule has 0 atom stereocenters. The number of thiazole rings is 1. The molecule has 0 aliphatic carbocycles. The summed E-state index contributed by atoms with van der Waals surface area (Å²) in [6.45, 7) is 6.58. The zero-order chi connectivity index (χ0) is 25.6. The van der Waals surface area contributed by atoms with E-state index in [1.807, 2.05) is 48.7 Å². The molecule has 190 valence electrons. The van der Waals surface area contributed by atoms with Gasteiger partial charge in [0.25, 0.3) is 0 Å². The molecule has 9 heteroatoms. The van der Waals surface area contributed by atoms with Crippen molar-refractivity contribution in [3.63, 3.8) is 0 Å². The number of benzene rings is 2. The number of primary amides is 1. The van der Waals surface area contributed by atoms with E-state index in [2.05, 4.69) is 15.2 Å². The summed E-state index contributed by atoms with van der Waals surface area (Å²) in [6.07, 6.45) is 3.54. The summed E-state index contributed by atoms with van der Waals surface area (Å²) in [5.74, 6) is 0.136. The molecule has 1 saturated heterocycles. The summed E-state index contributed by atoms with van der Waals surface area (Å²) in [6, 6.07) is 15.3. The van der Waals surface area contributed by atoms with Crippen molar-refractivity contribution in [1.82, 2.24) is 14.9 Å². The van der Waals surface area contributed by atoms with Crippen molar-refractivity contribution in [2.75, 3.05) is 44.8 Å². The molecule has 5 rings (SSSR count). The molecule has 3 heterocycles. The van der Waals surface area contributed by atoms with Gasteiger partial charge in [0.15, 0.2) is 5.13 Å². The van der Waals surface area contributed by atoms with Gasteiger partial charge in [0.05, 0.1) is 24.5 Å². The van der Waals surface area contributed by atoms with E-state index in [1.54, 1.807) is 24.5 Å². The van der Waals surface area contributed by atoms with Crippen LogP contribution in [0.15, 0.2) is 66.3 Å². The SMILES string of the molecule is Cc1ccc(-c2c(OCCN3CCOCC3)cccc2C(N)=O)cc1Nc1nc(-c2cccnc2)cs1. The summed E-state index contributed by atoms with van der Waals surface area (Å²) in [7, 11) is 0. The van der Waals surface area contributed by atoms with Crippen molar-refractivity contribution >= 4 is 28.1 Å². The third-order valence-corrected chi connectivity index (χ3v) is 7.05. The summed E-state index contributed by atoms with van der Waals surface area (Å²) < 4.78 is 11.6. The first-order chi connectivity index (χ1) is 18.1. The van der Waals surface area contributed by atoms with E-state index in [4.69, 9.17) is 20.2 Å². The van der Waals surface area contributed by atoms with Crippen molar-refractivity contribution in [3.05, 3.63) is 77.4 Å². The van der Waals surface area contributed by atoms with Gasteiger partial charge in [-0.25, -0.2) is 4.98 Å². The number of nitrogens with zero attached hydrogens (tertiary/aromatic N) is 3. The molecule has 1 amide bonds. The second kappa shape index (κ2) is 11.5. The standard InChI is InChI=1S/C28H29N5O3S/c1-19-7-8-20(16-23(19)31-28-32-24(18-37-28)21-4-3-9-30-17-21)26-22(27(29)34)5-2-6-25(26)36-15-12-33-10-13-35-14-11-33/h2-9,16-18H,10-15H2,1H3,(H2,29,34)(H,31,32). The number of carbonyl (C=O) groups excluding carboxylic acids is 1. The van der Waals surface area contributed by atoms with Crippen molar-refractivity contribution in [2.45, 2.75) is 6.92 Å². The largest absolute Gasteiger partial charge is 0.492 e. The first-order valence-corrected chi connectivity index (χ1v) is 13.1. The molecule has 4 aromatic rings. The third-order valence-electron chi connectivity index (χ3n) is 6.29. The van der Waals surface area contributed by atoms with Crippen LogP contribution in [0.2, 0.25) is 0 Å². The number of nitrogens with two attached hydrogens (primary N) is 1. The Morgan fingerprint density at radius 1 is 1.16 bits per heavy atom. The van der Waals surface area contributed by atoms with Gasteiger partial charge in [-0.15, -0.1) is 11.3 Å². The molecule has 0 bridgehead atoms. The van der Waals surface area contributed by atoms with Crippen LogP contribution in [0.4, 0.5) is 10.8 Å². The van der Waals surface area contributed by atoms with E-state index < -0.39 is 5.91 Å². The third kappa shape index (κ3) is 5.96. The van der Waals surface area contributed by atoms with Crippen LogP contribution in [-0.4, -0.2) is 60.2 Å². The van der Waals surface area contributed by atoms with Gasteiger partial charge in [0.2, 0.25) is 5.91 Å². The minimum Gasteiger partial charge on any atom is -0.492 e. The maximum absolute atomic E-state index is 12.4. The van der Waals surface area contributed by atoms with Crippen LogP contribution in [0.5, 0.6) is 5.75 Å². The molecule has 3 N–H and O–H groups in total. The number of hydrogen-bond acceptors (Lipinski definition) is 8. The minimum absolute atomic E-state index is 0.423. The van der Waals surface area contributed by atoms with Crippen LogP contribution in [0.3, 0.4) is 0 Å². The molecule has 1 aliphatic rings. The van der Waals surface area contributed by atoms with E-state index >= 15 is 0 Å². The molecule has 37 heavy (non-hydrogen) atoms. The molecular weight excluding hydrogens is 486 g/mol. The Balaban J connectivity index is 1.40. The zero-order valence-corrected chi connectivity index (χ0v) is 21.5. The van der Waals surface area contributed by atoms with Gasteiger partial charge in [-0.1, -0.05) is 18.2 Å². The molecule has 0 radical (unpaired) electrons. The number of amides is 1. The summed E-state index contributed by atoms with van der Waals surface area (Å²) in [4.78, 5) is 23.6. The van der Waals surface area contributed by atoms with E-state index in [1.165, 1.54) is 11.3 Å². The lowest BCUT2D eigenvalue weighted by atomic mass is 9.96. The Morgan fingerprint density at radius 3 is 2.81 bits per heavy atom. The van der Waals surface area contributed by atoms with Crippen molar-refractivity contribution in [3.8, 4) is 28.1 Å². The summed E-state index contributed by atoms with van der Waals surface area (Å²) in [5.41, 5.74) is 11.5. The summed E-state index contributed by atoms with van der Waals surface area (Å²) >= 11 is 1.52. The minimum atomic E-state index is -0.496. The smallest absolute Gasteiger partial charge is 0.249 e. The van der Waals surface area contributed by atoms with E-state index in [0.717, 1.165) is 66.1 Å². The second-order valence-corrected chi connectivity index (χ2v) is 9.64. The number of morpholine rings is 1. The number of pyridine rings is 1. The Morgan fingerprint density at radius 2 is 2.03 bits per heavy atom. The van der Waals surface area contributed by atoms with Crippen LogP contribution in [0.1, 0.15) is 15.9 Å². The molecule has 0 unspecified atom stereocenters. The van der Waals surface area contributed by atoms with Crippen molar-refractivity contribution in [1.29, 1.82) is 0 Å². The van der Waals surface area contributed by atoms with Gasteiger partial charge in [0.1, 0.15) is 12.4 Å². The molecule has 0 spiro atoms. The fourth-order valence-electron chi connectivity index (χ4n) is 4.27. The number of anilines is 2. The van der Waals surface area contributed by atoms with Crippen LogP contribution in [-0.2, 0) is 4.74 Å². The molecule has 1 fully saturated rings. The van der Waals surface area contributed by atoms with Crippen LogP contribution >= 0.6 is 11.3 Å². The topological polar surface area (TPSA) is 103 Å². The Bertz CT molecular complexity index is 1370. The highest BCUT2D eigenvalue weighted by atomic mass is 32.1. The van der Waals surface area contributed by atoms with Crippen LogP contribution in [0, 0.1) is 6.92 Å². The Labute approximate surface area is 220 Å². The normalized spacial score (nSPS) is 13.9. The van der Waals surface area contributed by atoms with Gasteiger partial charge >= 0.3 is 0 Å². The van der Waals surface area contributed by atoms with E-state index in [-0.39, 0.29) is 0 Å².